The number of nitro benzene ring substituents is 1. The second kappa shape index (κ2) is 7.04. The second-order valence-corrected chi connectivity index (χ2v) is 4.41. The maximum atomic E-state index is 11.3. The van der Waals surface area contributed by atoms with Crippen LogP contribution in [0.15, 0.2) is 36.5 Å². The first-order valence-corrected chi connectivity index (χ1v) is 6.54. The summed E-state index contributed by atoms with van der Waals surface area (Å²) >= 11 is 0. The molecule has 2 aromatic rings. The number of aromatic nitrogens is 1. The van der Waals surface area contributed by atoms with Crippen molar-refractivity contribution in [3.8, 4) is 17.6 Å². The standard InChI is InChI=1S/C16H13N3O4/c1-22-15-8-11(14(19(20)21)9-16(15)23-2)7-12(10-17)13-5-3-4-6-18-13/h3-9H,1-2H3/b12-7-. The van der Waals surface area contributed by atoms with E-state index in [-0.39, 0.29) is 22.6 Å². The van der Waals surface area contributed by atoms with Gasteiger partial charge in [0.1, 0.15) is 6.07 Å². The van der Waals surface area contributed by atoms with Crippen LogP contribution in [0.5, 0.6) is 11.5 Å². The number of hydrogen-bond acceptors (Lipinski definition) is 6. The Labute approximate surface area is 132 Å². The normalized spacial score (nSPS) is 10.7. The van der Waals surface area contributed by atoms with Crippen LogP contribution in [0, 0.1) is 21.4 Å². The summed E-state index contributed by atoms with van der Waals surface area (Å²) in [4.78, 5) is 14.8. The van der Waals surface area contributed by atoms with E-state index in [4.69, 9.17) is 9.47 Å². The Kier molecular flexibility index (Phi) is 4.89. The van der Waals surface area contributed by atoms with Crippen molar-refractivity contribution in [2.24, 2.45) is 0 Å². The number of methoxy groups -OCH3 is 2. The molecule has 7 nitrogen and oxygen atoms in total. The molecule has 0 amide bonds. The fourth-order valence-electron chi connectivity index (χ4n) is 2.00. The third kappa shape index (κ3) is 3.44. The Morgan fingerprint density at radius 3 is 2.52 bits per heavy atom. The molecule has 1 aromatic heterocycles. The van der Waals surface area contributed by atoms with Crippen molar-refractivity contribution in [3.63, 3.8) is 0 Å². The highest BCUT2D eigenvalue weighted by molar-refractivity contribution is 5.90. The van der Waals surface area contributed by atoms with Gasteiger partial charge in [-0.25, -0.2) is 0 Å². The van der Waals surface area contributed by atoms with Gasteiger partial charge in [0.05, 0.1) is 42.0 Å². The highest BCUT2D eigenvalue weighted by atomic mass is 16.6. The topological polar surface area (TPSA) is 98.3 Å². The molecule has 7 heteroatoms. The molecule has 2 rings (SSSR count). The minimum absolute atomic E-state index is 0.189. The van der Waals surface area contributed by atoms with Crippen molar-refractivity contribution in [1.82, 2.24) is 4.98 Å². The van der Waals surface area contributed by atoms with Crippen LogP contribution in [-0.2, 0) is 0 Å². The zero-order valence-corrected chi connectivity index (χ0v) is 12.5. The number of ether oxygens (including phenoxy) is 2. The molecule has 23 heavy (non-hydrogen) atoms. The van der Waals surface area contributed by atoms with Gasteiger partial charge in [-0.2, -0.15) is 5.26 Å². The Balaban J connectivity index is 2.64. The molecule has 0 aliphatic rings. The van der Waals surface area contributed by atoms with Gasteiger partial charge in [0.2, 0.25) is 0 Å². The van der Waals surface area contributed by atoms with Crippen LogP contribution in [0.1, 0.15) is 11.3 Å². The van der Waals surface area contributed by atoms with E-state index in [1.54, 1.807) is 24.4 Å². The molecular formula is C16H13N3O4. The molecular weight excluding hydrogens is 298 g/mol. The maximum Gasteiger partial charge on any atom is 0.280 e. The highest BCUT2D eigenvalue weighted by Crippen LogP contribution is 2.36. The lowest BCUT2D eigenvalue weighted by molar-refractivity contribution is -0.385. The summed E-state index contributed by atoms with van der Waals surface area (Å²) in [7, 11) is 2.83. The lowest BCUT2D eigenvalue weighted by Crippen LogP contribution is -1.97. The summed E-state index contributed by atoms with van der Waals surface area (Å²) < 4.78 is 10.2. The van der Waals surface area contributed by atoms with Crippen molar-refractivity contribution in [2.75, 3.05) is 14.2 Å². The van der Waals surface area contributed by atoms with Gasteiger partial charge in [-0.1, -0.05) is 6.07 Å². The van der Waals surface area contributed by atoms with Crippen LogP contribution in [0.4, 0.5) is 5.69 Å². The fraction of sp³-hybridized carbons (Fsp3) is 0.125. The van der Waals surface area contributed by atoms with Crippen molar-refractivity contribution in [3.05, 3.63) is 57.9 Å². The highest BCUT2D eigenvalue weighted by Gasteiger charge is 2.19. The first-order valence-electron chi connectivity index (χ1n) is 6.54. The van der Waals surface area contributed by atoms with E-state index < -0.39 is 4.92 Å². The van der Waals surface area contributed by atoms with E-state index >= 15 is 0 Å². The number of benzene rings is 1. The molecule has 0 aliphatic heterocycles. The van der Waals surface area contributed by atoms with Gasteiger partial charge in [0, 0.05) is 6.20 Å². The summed E-state index contributed by atoms with van der Waals surface area (Å²) in [6.45, 7) is 0. The lowest BCUT2D eigenvalue weighted by atomic mass is 10.1. The predicted molar refractivity (Wildman–Crippen MR) is 83.9 cm³/mol. The SMILES string of the molecule is COc1cc(/C=C(/C#N)c2ccccn2)c([N+](=O)[O-])cc1OC. The maximum absolute atomic E-state index is 11.3. The van der Waals surface area contributed by atoms with Crippen LogP contribution in [0.25, 0.3) is 11.6 Å². The molecule has 0 bridgehead atoms. The smallest absolute Gasteiger partial charge is 0.280 e. The molecule has 116 valence electrons. The minimum Gasteiger partial charge on any atom is -0.493 e. The lowest BCUT2D eigenvalue weighted by Gasteiger charge is -2.09. The van der Waals surface area contributed by atoms with E-state index in [1.807, 2.05) is 6.07 Å². The number of nitro groups is 1. The Morgan fingerprint density at radius 1 is 1.30 bits per heavy atom. The summed E-state index contributed by atoms with van der Waals surface area (Å²) in [6, 6.07) is 9.83. The van der Waals surface area contributed by atoms with Gasteiger partial charge < -0.3 is 9.47 Å². The molecule has 0 fully saturated rings. The van der Waals surface area contributed by atoms with Crippen molar-refractivity contribution in [1.29, 1.82) is 5.26 Å². The molecule has 0 saturated carbocycles. The van der Waals surface area contributed by atoms with Crippen molar-refractivity contribution >= 4 is 17.3 Å². The van der Waals surface area contributed by atoms with Gasteiger partial charge in [0.15, 0.2) is 11.5 Å². The monoisotopic (exact) mass is 311 g/mol. The largest absolute Gasteiger partial charge is 0.493 e. The van der Waals surface area contributed by atoms with Gasteiger partial charge in [-0.05, 0) is 24.3 Å². The zero-order chi connectivity index (χ0) is 16.8. The minimum atomic E-state index is -0.540. The predicted octanol–water partition coefficient (Wildman–Crippen LogP) is 3.07. The zero-order valence-electron chi connectivity index (χ0n) is 12.5. The van der Waals surface area contributed by atoms with Gasteiger partial charge in [0.25, 0.3) is 5.69 Å². The van der Waals surface area contributed by atoms with Gasteiger partial charge >= 0.3 is 0 Å². The average molecular weight is 311 g/mol. The number of pyridine rings is 1. The first kappa shape index (κ1) is 16.0. The third-order valence-corrected chi connectivity index (χ3v) is 3.09. The average Bonchev–Trinajstić information content (AvgIpc) is 2.59. The molecule has 0 atom stereocenters. The number of nitrogens with zero attached hydrogens (tertiary/aromatic N) is 3. The Hall–Kier alpha value is -3.40. The Morgan fingerprint density at radius 2 is 2.00 bits per heavy atom. The van der Waals surface area contributed by atoms with E-state index in [2.05, 4.69) is 4.98 Å². The molecule has 0 spiro atoms. The van der Waals surface area contributed by atoms with Crippen molar-refractivity contribution in [2.45, 2.75) is 0 Å². The third-order valence-electron chi connectivity index (χ3n) is 3.09. The second-order valence-electron chi connectivity index (χ2n) is 4.41. The van der Waals surface area contributed by atoms with Crippen LogP contribution in [-0.4, -0.2) is 24.1 Å². The quantitative estimate of drug-likeness (QED) is 0.478. The van der Waals surface area contributed by atoms with E-state index in [0.29, 0.717) is 11.4 Å². The Bertz CT molecular complexity index is 795. The van der Waals surface area contributed by atoms with Crippen molar-refractivity contribution < 1.29 is 14.4 Å². The molecule has 0 radical (unpaired) electrons. The molecule has 0 N–H and O–H groups in total. The first-order chi connectivity index (χ1) is 11.1. The van der Waals surface area contributed by atoms with Crippen LogP contribution < -0.4 is 9.47 Å². The number of hydrogen-bond donors (Lipinski definition) is 0. The molecule has 0 aliphatic carbocycles. The molecule has 1 aromatic carbocycles. The van der Waals surface area contributed by atoms with Gasteiger partial charge in [-0.15, -0.1) is 0 Å². The molecule has 0 saturated heterocycles. The van der Waals surface area contributed by atoms with E-state index in [0.717, 1.165) is 0 Å². The van der Waals surface area contributed by atoms with Crippen LogP contribution in [0.3, 0.4) is 0 Å². The van der Waals surface area contributed by atoms with Crippen LogP contribution in [0.2, 0.25) is 0 Å². The van der Waals surface area contributed by atoms with Gasteiger partial charge in [-0.3, -0.25) is 15.1 Å². The molecule has 1 heterocycles. The van der Waals surface area contributed by atoms with E-state index in [1.165, 1.54) is 32.4 Å². The summed E-state index contributed by atoms with van der Waals surface area (Å²) in [5, 5.41) is 20.6. The van der Waals surface area contributed by atoms with Crippen LogP contribution >= 0.6 is 0 Å². The number of allylic oxidation sites excluding steroid dienone is 1. The number of nitriles is 1. The summed E-state index contributed by atoms with van der Waals surface area (Å²) in [5.74, 6) is 0.579. The molecule has 0 unspecified atom stereocenters. The number of rotatable bonds is 5. The fourth-order valence-corrected chi connectivity index (χ4v) is 2.00. The van der Waals surface area contributed by atoms with E-state index in [9.17, 15) is 15.4 Å². The summed E-state index contributed by atoms with van der Waals surface area (Å²) in [5.41, 5.74) is 0.682. The summed E-state index contributed by atoms with van der Waals surface area (Å²) in [6.07, 6.45) is 2.95.